The Morgan fingerprint density at radius 2 is 1.77 bits per heavy atom. The van der Waals surface area contributed by atoms with Gasteiger partial charge in [0.15, 0.2) is 5.96 Å². The zero-order valence-corrected chi connectivity index (χ0v) is 14.8. The van der Waals surface area contributed by atoms with Crippen LogP contribution in [0.15, 0.2) is 71.7 Å². The summed E-state index contributed by atoms with van der Waals surface area (Å²) < 4.78 is 11.1. The van der Waals surface area contributed by atoms with Gasteiger partial charge in [-0.05, 0) is 35.0 Å². The molecule has 0 saturated heterocycles. The van der Waals surface area contributed by atoms with Crippen LogP contribution < -0.4 is 20.5 Å². The Morgan fingerprint density at radius 3 is 2.62 bits per heavy atom. The normalized spacial score (nSPS) is 11.3. The van der Waals surface area contributed by atoms with Gasteiger partial charge in [0.2, 0.25) is 0 Å². The number of fused-ring (bicyclic) bond motifs is 1. The molecule has 26 heavy (non-hydrogen) atoms. The van der Waals surface area contributed by atoms with Crippen LogP contribution in [0.4, 0.5) is 5.69 Å². The van der Waals surface area contributed by atoms with Crippen molar-refractivity contribution >= 4 is 22.4 Å². The molecular weight excluding hydrogens is 326 g/mol. The van der Waals surface area contributed by atoms with Crippen LogP contribution in [0.25, 0.3) is 10.8 Å². The quantitative estimate of drug-likeness (QED) is 0.384. The molecule has 0 aliphatic heterocycles. The highest BCUT2D eigenvalue weighted by Crippen LogP contribution is 2.22. The maximum Gasteiger partial charge on any atom is 0.193 e. The molecule has 0 aliphatic carbocycles. The lowest BCUT2D eigenvalue weighted by atomic mass is 10.1. The topological polar surface area (TPSA) is 68.9 Å². The van der Waals surface area contributed by atoms with E-state index < -0.39 is 0 Å². The molecule has 0 amide bonds. The Balaban J connectivity index is 1.46. The molecule has 3 aromatic rings. The van der Waals surface area contributed by atoms with Gasteiger partial charge in [0.1, 0.15) is 11.5 Å². The number of nitrogens with one attached hydrogen (secondary N) is 1. The number of ether oxygens (including phenoxy) is 2. The average molecular weight is 349 g/mol. The molecular formula is C21H23N3O2. The van der Waals surface area contributed by atoms with Crippen molar-refractivity contribution in [2.24, 2.45) is 10.7 Å². The van der Waals surface area contributed by atoms with E-state index in [9.17, 15) is 0 Å². The number of anilines is 1. The van der Waals surface area contributed by atoms with Gasteiger partial charge < -0.3 is 20.5 Å². The summed E-state index contributed by atoms with van der Waals surface area (Å²) in [6, 6.07) is 21.9. The summed E-state index contributed by atoms with van der Waals surface area (Å²) in [5.41, 5.74) is 6.72. The highest BCUT2D eigenvalue weighted by atomic mass is 16.5. The molecule has 134 valence electrons. The monoisotopic (exact) mass is 349 g/mol. The van der Waals surface area contributed by atoms with E-state index in [4.69, 9.17) is 15.2 Å². The number of guanidine groups is 1. The van der Waals surface area contributed by atoms with Crippen molar-refractivity contribution in [3.63, 3.8) is 0 Å². The van der Waals surface area contributed by atoms with Crippen LogP contribution in [0.2, 0.25) is 0 Å². The second kappa shape index (κ2) is 8.76. The van der Waals surface area contributed by atoms with E-state index >= 15 is 0 Å². The van der Waals surface area contributed by atoms with Crippen LogP contribution in [-0.4, -0.2) is 26.2 Å². The summed E-state index contributed by atoms with van der Waals surface area (Å²) >= 11 is 0. The van der Waals surface area contributed by atoms with Crippen LogP contribution in [0.3, 0.4) is 0 Å². The zero-order chi connectivity index (χ0) is 18.2. The van der Waals surface area contributed by atoms with Gasteiger partial charge in [0, 0.05) is 13.0 Å². The summed E-state index contributed by atoms with van der Waals surface area (Å²) in [6.07, 6.45) is 0.779. The molecule has 0 saturated carbocycles. The number of benzene rings is 3. The number of methoxy groups -OCH3 is 1. The number of hydrogen-bond acceptors (Lipinski definition) is 3. The molecule has 0 atom stereocenters. The predicted octanol–water partition coefficient (Wildman–Crippen LogP) is 4.04. The van der Waals surface area contributed by atoms with E-state index in [-0.39, 0.29) is 0 Å². The summed E-state index contributed by atoms with van der Waals surface area (Å²) in [6.45, 7) is 1.17. The van der Waals surface area contributed by atoms with Gasteiger partial charge in [-0.15, -0.1) is 0 Å². The van der Waals surface area contributed by atoms with Crippen LogP contribution in [0.5, 0.6) is 11.5 Å². The maximum atomic E-state index is 5.93. The second-order valence-corrected chi connectivity index (χ2v) is 5.80. The first kappa shape index (κ1) is 17.6. The van der Waals surface area contributed by atoms with Crippen molar-refractivity contribution in [3.8, 4) is 11.5 Å². The third kappa shape index (κ3) is 4.66. The number of nitrogens with two attached hydrogens (primary N) is 1. The Kier molecular flexibility index (Phi) is 5.93. The molecule has 3 aromatic carbocycles. The second-order valence-electron chi connectivity index (χ2n) is 5.80. The molecule has 5 nitrogen and oxygen atoms in total. The van der Waals surface area contributed by atoms with Crippen LogP contribution in [0, 0.1) is 0 Å². The Morgan fingerprint density at radius 1 is 1.00 bits per heavy atom. The number of nitrogens with zero attached hydrogens (tertiary/aromatic N) is 1. The van der Waals surface area contributed by atoms with E-state index in [2.05, 4.69) is 34.6 Å². The highest BCUT2D eigenvalue weighted by Gasteiger charge is 2.02. The van der Waals surface area contributed by atoms with Gasteiger partial charge in [0.05, 0.1) is 19.4 Å². The number of aliphatic imine (C=N–C) groups is 1. The van der Waals surface area contributed by atoms with Gasteiger partial charge in [0.25, 0.3) is 0 Å². The predicted molar refractivity (Wildman–Crippen MR) is 107 cm³/mol. The van der Waals surface area contributed by atoms with Gasteiger partial charge in [-0.25, -0.2) is 0 Å². The molecule has 3 rings (SSSR count). The van der Waals surface area contributed by atoms with Gasteiger partial charge in [-0.1, -0.05) is 42.5 Å². The molecule has 0 bridgehead atoms. The summed E-state index contributed by atoms with van der Waals surface area (Å²) in [5.74, 6) is 1.96. The number of para-hydroxylation sites is 2. The molecule has 3 N–H and O–H groups in total. The molecule has 0 aromatic heterocycles. The molecule has 0 aliphatic rings. The van der Waals surface area contributed by atoms with E-state index in [1.807, 2.05) is 42.5 Å². The molecule has 0 heterocycles. The average Bonchev–Trinajstić information content (AvgIpc) is 2.68. The van der Waals surface area contributed by atoms with Crippen molar-refractivity contribution in [1.29, 1.82) is 0 Å². The lowest BCUT2D eigenvalue weighted by Gasteiger charge is -2.10. The minimum Gasteiger partial charge on any atom is -0.495 e. The summed E-state index contributed by atoms with van der Waals surface area (Å²) in [7, 11) is 1.62. The van der Waals surface area contributed by atoms with Crippen LogP contribution in [-0.2, 0) is 0 Å². The van der Waals surface area contributed by atoms with E-state index in [0.29, 0.717) is 19.1 Å². The Labute approximate surface area is 153 Å². The van der Waals surface area contributed by atoms with E-state index in [1.54, 1.807) is 7.11 Å². The maximum absolute atomic E-state index is 5.93. The minimum absolute atomic E-state index is 0.361. The highest BCUT2D eigenvalue weighted by molar-refractivity contribution is 5.93. The van der Waals surface area contributed by atoms with Crippen molar-refractivity contribution in [2.45, 2.75) is 6.42 Å². The van der Waals surface area contributed by atoms with Crippen molar-refractivity contribution < 1.29 is 9.47 Å². The largest absolute Gasteiger partial charge is 0.495 e. The molecule has 0 spiro atoms. The first-order valence-corrected chi connectivity index (χ1v) is 8.58. The molecule has 5 heteroatoms. The summed E-state index contributed by atoms with van der Waals surface area (Å²) in [5, 5.41) is 5.43. The smallest absolute Gasteiger partial charge is 0.193 e. The van der Waals surface area contributed by atoms with E-state index in [1.165, 1.54) is 10.8 Å². The summed E-state index contributed by atoms with van der Waals surface area (Å²) in [4.78, 5) is 4.32. The SMILES string of the molecule is COc1ccccc1NC(N)=NCCCOc1ccc2ccccc2c1. The van der Waals surface area contributed by atoms with Crippen molar-refractivity contribution in [2.75, 3.05) is 25.6 Å². The number of hydrogen-bond donors (Lipinski definition) is 2. The van der Waals surface area contributed by atoms with Crippen LogP contribution >= 0.6 is 0 Å². The Hall–Kier alpha value is -3.21. The first-order chi connectivity index (χ1) is 12.8. The number of rotatable bonds is 7. The fourth-order valence-corrected chi connectivity index (χ4v) is 2.64. The van der Waals surface area contributed by atoms with E-state index in [0.717, 1.165) is 23.6 Å². The first-order valence-electron chi connectivity index (χ1n) is 8.58. The van der Waals surface area contributed by atoms with Crippen molar-refractivity contribution in [1.82, 2.24) is 0 Å². The minimum atomic E-state index is 0.361. The third-order valence-electron chi connectivity index (χ3n) is 3.94. The third-order valence-corrected chi connectivity index (χ3v) is 3.94. The fraction of sp³-hybridized carbons (Fsp3) is 0.190. The zero-order valence-electron chi connectivity index (χ0n) is 14.8. The van der Waals surface area contributed by atoms with Gasteiger partial charge in [-0.3, -0.25) is 4.99 Å². The standard InChI is InChI=1S/C21H23N3O2/c1-25-20-10-5-4-9-19(20)24-21(22)23-13-6-14-26-18-12-11-16-7-2-3-8-17(16)15-18/h2-5,7-12,15H,6,13-14H2,1H3,(H3,22,23,24). The lowest BCUT2D eigenvalue weighted by Crippen LogP contribution is -2.23. The van der Waals surface area contributed by atoms with Gasteiger partial charge in [-0.2, -0.15) is 0 Å². The lowest BCUT2D eigenvalue weighted by molar-refractivity contribution is 0.314. The molecule has 0 radical (unpaired) electrons. The Bertz CT molecular complexity index is 893. The fourth-order valence-electron chi connectivity index (χ4n) is 2.64. The van der Waals surface area contributed by atoms with Crippen LogP contribution in [0.1, 0.15) is 6.42 Å². The van der Waals surface area contributed by atoms with Gasteiger partial charge >= 0.3 is 0 Å². The van der Waals surface area contributed by atoms with Crippen molar-refractivity contribution in [3.05, 3.63) is 66.7 Å². The molecule has 0 unspecified atom stereocenters. The molecule has 0 fully saturated rings.